The molecule has 2 aliphatic heterocycles. The summed E-state index contributed by atoms with van der Waals surface area (Å²) in [5, 5.41) is 4.06. The third kappa shape index (κ3) is 2.35. The highest BCUT2D eigenvalue weighted by molar-refractivity contribution is 5.87. The van der Waals surface area contributed by atoms with Crippen LogP contribution in [0.15, 0.2) is 4.52 Å². The Labute approximate surface area is 132 Å². The smallest absolute Gasteiger partial charge is 0.243 e. The first kappa shape index (κ1) is 15.5. The molecule has 1 amide bonds. The van der Waals surface area contributed by atoms with E-state index in [-0.39, 0.29) is 11.6 Å². The first-order chi connectivity index (χ1) is 10.5. The van der Waals surface area contributed by atoms with Gasteiger partial charge in [0.15, 0.2) is 0 Å². The van der Waals surface area contributed by atoms with Crippen LogP contribution in [-0.2, 0) is 11.3 Å². The zero-order valence-electron chi connectivity index (χ0n) is 14.2. The van der Waals surface area contributed by atoms with Crippen LogP contribution >= 0.6 is 0 Å². The summed E-state index contributed by atoms with van der Waals surface area (Å²) in [5.74, 6) is 1.21. The van der Waals surface area contributed by atoms with Crippen molar-refractivity contribution in [2.45, 2.75) is 71.5 Å². The number of hydrogen-bond acceptors (Lipinski definition) is 4. The van der Waals surface area contributed by atoms with Crippen LogP contribution in [0.1, 0.15) is 56.5 Å². The number of likely N-dealkylation sites (tertiary alicyclic amines) is 2. The van der Waals surface area contributed by atoms with E-state index in [0.29, 0.717) is 5.91 Å². The molecular formula is C17H27N3O2. The van der Waals surface area contributed by atoms with Gasteiger partial charge in [0.25, 0.3) is 0 Å². The Hall–Kier alpha value is -1.36. The summed E-state index contributed by atoms with van der Waals surface area (Å²) in [7, 11) is 0. The van der Waals surface area contributed by atoms with E-state index >= 15 is 0 Å². The quantitative estimate of drug-likeness (QED) is 0.861. The van der Waals surface area contributed by atoms with E-state index in [9.17, 15) is 4.79 Å². The number of rotatable bonds is 3. The molecule has 3 heterocycles. The average Bonchev–Trinajstić information content (AvgIpc) is 3.01. The van der Waals surface area contributed by atoms with Crippen molar-refractivity contribution in [3.63, 3.8) is 0 Å². The summed E-state index contributed by atoms with van der Waals surface area (Å²) in [6.45, 7) is 10.8. The Morgan fingerprint density at radius 3 is 2.50 bits per heavy atom. The maximum atomic E-state index is 13.1. The molecule has 0 radical (unpaired) electrons. The van der Waals surface area contributed by atoms with E-state index in [2.05, 4.69) is 28.8 Å². The first-order valence-corrected chi connectivity index (χ1v) is 8.43. The van der Waals surface area contributed by atoms with E-state index in [1.807, 2.05) is 13.8 Å². The van der Waals surface area contributed by atoms with Gasteiger partial charge in [-0.3, -0.25) is 9.69 Å². The number of aromatic nitrogens is 1. The van der Waals surface area contributed by atoms with Gasteiger partial charge in [-0.1, -0.05) is 5.16 Å². The molecule has 1 atom stereocenters. The van der Waals surface area contributed by atoms with Gasteiger partial charge in [-0.05, 0) is 59.9 Å². The standard InChI is InChI=1S/C17H27N3O2/c1-12(2)20-10-6-8-17(16(20)21)7-5-9-19(17)11-15-13(3)18-22-14(15)4/h12H,5-11H2,1-4H3. The molecule has 0 saturated carbocycles. The molecule has 0 N–H and O–H groups in total. The minimum Gasteiger partial charge on any atom is -0.361 e. The van der Waals surface area contributed by atoms with Gasteiger partial charge in [0.05, 0.1) is 5.69 Å². The van der Waals surface area contributed by atoms with Crippen LogP contribution in [-0.4, -0.2) is 45.5 Å². The van der Waals surface area contributed by atoms with E-state index in [1.165, 1.54) is 0 Å². The molecule has 0 bridgehead atoms. The second-order valence-electron chi connectivity index (χ2n) is 7.06. The molecule has 1 aromatic rings. The van der Waals surface area contributed by atoms with Crippen molar-refractivity contribution in [3.05, 3.63) is 17.0 Å². The second kappa shape index (κ2) is 5.69. The number of aryl methyl sites for hydroxylation is 2. The van der Waals surface area contributed by atoms with E-state index in [0.717, 1.165) is 62.3 Å². The number of carbonyl (C=O) groups is 1. The molecule has 1 aromatic heterocycles. The maximum absolute atomic E-state index is 13.1. The summed E-state index contributed by atoms with van der Waals surface area (Å²) in [5.41, 5.74) is 1.80. The molecule has 1 spiro atoms. The van der Waals surface area contributed by atoms with Crippen molar-refractivity contribution < 1.29 is 9.32 Å². The fourth-order valence-corrected chi connectivity index (χ4v) is 4.12. The predicted octanol–water partition coefficient (Wildman–Crippen LogP) is 2.66. The van der Waals surface area contributed by atoms with Crippen LogP contribution in [0.5, 0.6) is 0 Å². The van der Waals surface area contributed by atoms with E-state index < -0.39 is 0 Å². The van der Waals surface area contributed by atoms with Crippen molar-refractivity contribution in [3.8, 4) is 0 Å². The van der Waals surface area contributed by atoms with Crippen LogP contribution in [0.25, 0.3) is 0 Å². The summed E-state index contributed by atoms with van der Waals surface area (Å²) < 4.78 is 5.30. The first-order valence-electron chi connectivity index (χ1n) is 8.43. The lowest BCUT2D eigenvalue weighted by Gasteiger charge is -2.46. The number of amides is 1. The van der Waals surface area contributed by atoms with Gasteiger partial charge in [0.2, 0.25) is 5.91 Å². The van der Waals surface area contributed by atoms with Gasteiger partial charge in [0.1, 0.15) is 11.3 Å². The molecule has 2 aliphatic rings. The molecular weight excluding hydrogens is 278 g/mol. The van der Waals surface area contributed by atoms with Gasteiger partial charge in [-0.2, -0.15) is 0 Å². The number of carbonyl (C=O) groups excluding carboxylic acids is 1. The molecule has 22 heavy (non-hydrogen) atoms. The number of hydrogen-bond donors (Lipinski definition) is 0. The highest BCUT2D eigenvalue weighted by atomic mass is 16.5. The summed E-state index contributed by atoms with van der Waals surface area (Å²) >= 11 is 0. The molecule has 122 valence electrons. The zero-order chi connectivity index (χ0) is 15.9. The normalized spacial score (nSPS) is 26.6. The summed E-state index contributed by atoms with van der Waals surface area (Å²) in [6.07, 6.45) is 4.17. The van der Waals surface area contributed by atoms with Crippen LogP contribution in [0, 0.1) is 13.8 Å². The summed E-state index contributed by atoms with van der Waals surface area (Å²) in [6, 6.07) is 0.284. The van der Waals surface area contributed by atoms with Crippen LogP contribution in [0.4, 0.5) is 0 Å². The lowest BCUT2D eigenvalue weighted by molar-refractivity contribution is -0.149. The minimum atomic E-state index is -0.293. The van der Waals surface area contributed by atoms with Crippen molar-refractivity contribution in [2.75, 3.05) is 13.1 Å². The zero-order valence-corrected chi connectivity index (χ0v) is 14.2. The topological polar surface area (TPSA) is 49.6 Å². The Morgan fingerprint density at radius 2 is 1.91 bits per heavy atom. The Balaban J connectivity index is 1.87. The molecule has 2 fully saturated rings. The summed E-state index contributed by atoms with van der Waals surface area (Å²) in [4.78, 5) is 17.6. The molecule has 3 rings (SSSR count). The lowest BCUT2D eigenvalue weighted by atomic mass is 9.84. The van der Waals surface area contributed by atoms with Gasteiger partial charge >= 0.3 is 0 Å². The molecule has 0 aromatic carbocycles. The van der Waals surface area contributed by atoms with Crippen molar-refractivity contribution in [2.24, 2.45) is 0 Å². The Kier molecular flexibility index (Phi) is 4.02. The van der Waals surface area contributed by atoms with Gasteiger partial charge in [0, 0.05) is 24.7 Å². The second-order valence-corrected chi connectivity index (χ2v) is 7.06. The van der Waals surface area contributed by atoms with Gasteiger partial charge < -0.3 is 9.42 Å². The highest BCUT2D eigenvalue weighted by Gasteiger charge is 2.51. The SMILES string of the molecule is Cc1noc(C)c1CN1CCCC12CCCN(C(C)C)C2=O. The molecule has 5 nitrogen and oxygen atoms in total. The third-order valence-corrected chi connectivity index (χ3v) is 5.43. The van der Waals surface area contributed by atoms with Crippen LogP contribution in [0.2, 0.25) is 0 Å². The minimum absolute atomic E-state index is 0.284. The molecule has 5 heteroatoms. The Bertz CT molecular complexity index is 547. The fraction of sp³-hybridized carbons (Fsp3) is 0.765. The van der Waals surface area contributed by atoms with Gasteiger partial charge in [-0.15, -0.1) is 0 Å². The van der Waals surface area contributed by atoms with Gasteiger partial charge in [-0.25, -0.2) is 0 Å². The van der Waals surface area contributed by atoms with Crippen molar-refractivity contribution in [1.29, 1.82) is 0 Å². The lowest BCUT2D eigenvalue weighted by Crippen LogP contribution is -2.61. The monoisotopic (exact) mass is 305 g/mol. The third-order valence-electron chi connectivity index (χ3n) is 5.43. The highest BCUT2D eigenvalue weighted by Crippen LogP contribution is 2.40. The fourth-order valence-electron chi connectivity index (χ4n) is 4.12. The Morgan fingerprint density at radius 1 is 1.23 bits per heavy atom. The van der Waals surface area contributed by atoms with Crippen LogP contribution in [0.3, 0.4) is 0 Å². The maximum Gasteiger partial charge on any atom is 0.243 e. The van der Waals surface area contributed by atoms with E-state index in [1.54, 1.807) is 0 Å². The average molecular weight is 305 g/mol. The predicted molar refractivity (Wildman–Crippen MR) is 84.4 cm³/mol. The van der Waals surface area contributed by atoms with Crippen LogP contribution < -0.4 is 0 Å². The molecule has 0 aliphatic carbocycles. The molecule has 2 saturated heterocycles. The van der Waals surface area contributed by atoms with E-state index in [4.69, 9.17) is 4.52 Å². The number of nitrogens with zero attached hydrogens (tertiary/aromatic N) is 3. The largest absolute Gasteiger partial charge is 0.361 e. The number of piperidine rings is 1. The molecule has 1 unspecified atom stereocenters. The van der Waals surface area contributed by atoms with Crippen molar-refractivity contribution >= 4 is 5.91 Å². The van der Waals surface area contributed by atoms with Crippen molar-refractivity contribution in [1.82, 2.24) is 15.0 Å².